The summed E-state index contributed by atoms with van der Waals surface area (Å²) in [6.07, 6.45) is 3.01. The van der Waals surface area contributed by atoms with Gasteiger partial charge >= 0.3 is 0 Å². The molecule has 1 unspecified atom stereocenters. The van der Waals surface area contributed by atoms with Crippen molar-refractivity contribution >= 4 is 0 Å². The van der Waals surface area contributed by atoms with Gasteiger partial charge < -0.3 is 9.64 Å². The fraction of sp³-hybridized carbons (Fsp3) is 1.00. The lowest BCUT2D eigenvalue weighted by Gasteiger charge is -2.28. The highest BCUT2D eigenvalue weighted by Gasteiger charge is 2.15. The Kier molecular flexibility index (Phi) is 2.49. The van der Waals surface area contributed by atoms with E-state index in [1.54, 1.807) is 7.11 Å². The Hall–Kier alpha value is -0.0800. The van der Waals surface area contributed by atoms with Gasteiger partial charge in [-0.3, -0.25) is 0 Å². The van der Waals surface area contributed by atoms with Gasteiger partial charge in [0.15, 0.2) is 0 Å². The summed E-state index contributed by atoms with van der Waals surface area (Å²) < 4.78 is 5.22. The van der Waals surface area contributed by atoms with E-state index in [2.05, 4.69) is 11.9 Å². The van der Waals surface area contributed by atoms with Crippen molar-refractivity contribution in [3.63, 3.8) is 0 Å². The maximum absolute atomic E-state index is 5.22. The zero-order valence-corrected chi connectivity index (χ0v) is 6.26. The van der Waals surface area contributed by atoms with Crippen LogP contribution in [0.15, 0.2) is 0 Å². The Morgan fingerprint density at radius 1 is 1.56 bits per heavy atom. The largest absolute Gasteiger partial charge is 0.380 e. The number of hydrogen-bond acceptors (Lipinski definition) is 2. The van der Waals surface area contributed by atoms with E-state index in [1.807, 2.05) is 0 Å². The molecule has 0 aromatic heterocycles. The number of hydrogen-bond donors (Lipinski definition) is 0. The number of piperidine rings is 1. The monoisotopic (exact) mass is 129 g/mol. The summed E-state index contributed by atoms with van der Waals surface area (Å²) in [7, 11) is 3.94. The van der Waals surface area contributed by atoms with E-state index in [1.165, 1.54) is 19.4 Å². The number of ether oxygens (including phenoxy) is 1. The van der Waals surface area contributed by atoms with Crippen LogP contribution in [0, 0.1) is 0 Å². The second kappa shape index (κ2) is 3.18. The SMILES string of the molecule is COC1CCCN(C)C1. The number of methoxy groups -OCH3 is 1. The lowest BCUT2D eigenvalue weighted by Crippen LogP contribution is -2.36. The average Bonchev–Trinajstić information content (AvgIpc) is 1.88. The molecular weight excluding hydrogens is 114 g/mol. The molecule has 0 bridgehead atoms. The van der Waals surface area contributed by atoms with Crippen LogP contribution in [0.2, 0.25) is 0 Å². The molecular formula is C7H15NO. The third kappa shape index (κ3) is 1.95. The highest BCUT2D eigenvalue weighted by Crippen LogP contribution is 2.09. The summed E-state index contributed by atoms with van der Waals surface area (Å²) in [6, 6.07) is 0. The highest BCUT2D eigenvalue weighted by molar-refractivity contribution is 4.69. The summed E-state index contributed by atoms with van der Waals surface area (Å²) in [5.74, 6) is 0. The maximum Gasteiger partial charge on any atom is 0.0698 e. The lowest BCUT2D eigenvalue weighted by atomic mass is 10.1. The zero-order chi connectivity index (χ0) is 6.69. The van der Waals surface area contributed by atoms with Gasteiger partial charge in [-0.2, -0.15) is 0 Å². The molecule has 1 atom stereocenters. The van der Waals surface area contributed by atoms with Gasteiger partial charge in [0.2, 0.25) is 0 Å². The molecule has 54 valence electrons. The maximum atomic E-state index is 5.22. The molecule has 0 N–H and O–H groups in total. The summed E-state index contributed by atoms with van der Waals surface area (Å²) in [6.45, 7) is 2.34. The minimum atomic E-state index is 0.490. The van der Waals surface area contributed by atoms with Gasteiger partial charge in [-0.15, -0.1) is 0 Å². The van der Waals surface area contributed by atoms with Crippen molar-refractivity contribution in [1.82, 2.24) is 4.90 Å². The van der Waals surface area contributed by atoms with Gasteiger partial charge in [0.25, 0.3) is 0 Å². The van der Waals surface area contributed by atoms with Crippen molar-refractivity contribution in [1.29, 1.82) is 0 Å². The Bertz CT molecular complexity index is 85.0. The first-order chi connectivity index (χ1) is 4.33. The summed E-state index contributed by atoms with van der Waals surface area (Å²) >= 11 is 0. The van der Waals surface area contributed by atoms with Crippen LogP contribution in [0.1, 0.15) is 12.8 Å². The van der Waals surface area contributed by atoms with E-state index in [0.717, 1.165) is 6.54 Å². The molecule has 0 amide bonds. The summed E-state index contributed by atoms with van der Waals surface area (Å²) in [4.78, 5) is 2.32. The van der Waals surface area contributed by atoms with Crippen molar-refractivity contribution in [3.8, 4) is 0 Å². The number of likely N-dealkylation sites (tertiary alicyclic amines) is 1. The van der Waals surface area contributed by atoms with E-state index in [-0.39, 0.29) is 0 Å². The minimum Gasteiger partial charge on any atom is -0.380 e. The molecule has 0 aromatic rings. The van der Waals surface area contributed by atoms with Gasteiger partial charge in [-0.25, -0.2) is 0 Å². The molecule has 1 heterocycles. The van der Waals surface area contributed by atoms with Crippen molar-refractivity contribution < 1.29 is 4.74 Å². The van der Waals surface area contributed by atoms with Gasteiger partial charge in [0.1, 0.15) is 0 Å². The third-order valence-corrected chi connectivity index (χ3v) is 1.91. The molecule has 1 saturated heterocycles. The third-order valence-electron chi connectivity index (χ3n) is 1.91. The second-order valence-corrected chi connectivity index (χ2v) is 2.76. The fourth-order valence-corrected chi connectivity index (χ4v) is 1.31. The molecule has 0 radical (unpaired) electrons. The topological polar surface area (TPSA) is 12.5 Å². The number of nitrogens with zero attached hydrogens (tertiary/aromatic N) is 1. The number of rotatable bonds is 1. The molecule has 0 aliphatic carbocycles. The van der Waals surface area contributed by atoms with Gasteiger partial charge in [0, 0.05) is 13.7 Å². The molecule has 0 spiro atoms. The Labute approximate surface area is 56.8 Å². The first-order valence-electron chi connectivity index (χ1n) is 3.54. The van der Waals surface area contributed by atoms with Crippen LogP contribution in [0.3, 0.4) is 0 Å². The summed E-state index contributed by atoms with van der Waals surface area (Å²) in [5.41, 5.74) is 0. The van der Waals surface area contributed by atoms with Crippen LogP contribution in [0.25, 0.3) is 0 Å². The average molecular weight is 129 g/mol. The quantitative estimate of drug-likeness (QED) is 0.517. The summed E-state index contributed by atoms with van der Waals surface area (Å²) in [5, 5.41) is 0. The number of likely N-dealkylation sites (N-methyl/N-ethyl adjacent to an activating group) is 1. The lowest BCUT2D eigenvalue weighted by molar-refractivity contribution is 0.0408. The second-order valence-electron chi connectivity index (χ2n) is 2.76. The van der Waals surface area contributed by atoms with Crippen molar-refractivity contribution in [3.05, 3.63) is 0 Å². The molecule has 1 aliphatic heterocycles. The molecule has 9 heavy (non-hydrogen) atoms. The molecule has 0 saturated carbocycles. The van der Waals surface area contributed by atoms with Crippen LogP contribution < -0.4 is 0 Å². The van der Waals surface area contributed by atoms with Crippen molar-refractivity contribution in [2.75, 3.05) is 27.2 Å². The van der Waals surface area contributed by atoms with E-state index >= 15 is 0 Å². The van der Waals surface area contributed by atoms with Crippen LogP contribution in [0.5, 0.6) is 0 Å². The molecule has 1 fully saturated rings. The van der Waals surface area contributed by atoms with Crippen LogP contribution in [-0.2, 0) is 4.74 Å². The normalized spacial score (nSPS) is 30.7. The van der Waals surface area contributed by atoms with Crippen molar-refractivity contribution in [2.24, 2.45) is 0 Å². The Balaban J connectivity index is 2.23. The van der Waals surface area contributed by atoms with Crippen LogP contribution in [0.4, 0.5) is 0 Å². The van der Waals surface area contributed by atoms with Crippen LogP contribution >= 0.6 is 0 Å². The Morgan fingerprint density at radius 3 is 2.78 bits per heavy atom. The fourth-order valence-electron chi connectivity index (χ4n) is 1.31. The molecule has 0 aromatic carbocycles. The van der Waals surface area contributed by atoms with E-state index in [9.17, 15) is 0 Å². The standard InChI is InChI=1S/C7H15NO/c1-8-5-3-4-7(6-8)9-2/h7H,3-6H2,1-2H3. The van der Waals surface area contributed by atoms with Gasteiger partial charge in [0.05, 0.1) is 6.10 Å². The van der Waals surface area contributed by atoms with Crippen molar-refractivity contribution in [2.45, 2.75) is 18.9 Å². The predicted octanol–water partition coefficient (Wildman–Crippen LogP) is 0.727. The van der Waals surface area contributed by atoms with Gasteiger partial charge in [-0.05, 0) is 26.4 Å². The van der Waals surface area contributed by atoms with Gasteiger partial charge in [-0.1, -0.05) is 0 Å². The Morgan fingerprint density at radius 2 is 2.33 bits per heavy atom. The van der Waals surface area contributed by atoms with Crippen LogP contribution in [-0.4, -0.2) is 38.3 Å². The molecule has 1 rings (SSSR count). The zero-order valence-electron chi connectivity index (χ0n) is 6.26. The minimum absolute atomic E-state index is 0.490. The van der Waals surface area contributed by atoms with E-state index in [0.29, 0.717) is 6.10 Å². The predicted molar refractivity (Wildman–Crippen MR) is 37.5 cm³/mol. The molecule has 2 nitrogen and oxygen atoms in total. The van der Waals surface area contributed by atoms with E-state index in [4.69, 9.17) is 4.74 Å². The van der Waals surface area contributed by atoms with E-state index < -0.39 is 0 Å². The smallest absolute Gasteiger partial charge is 0.0698 e. The molecule has 2 heteroatoms. The highest BCUT2D eigenvalue weighted by atomic mass is 16.5. The first kappa shape index (κ1) is 7.03. The first-order valence-corrected chi connectivity index (χ1v) is 3.54. The molecule has 1 aliphatic rings.